The van der Waals surface area contributed by atoms with Gasteiger partial charge in [-0.1, -0.05) is 27.7 Å². The molecule has 128 valence electrons. The van der Waals surface area contributed by atoms with Gasteiger partial charge in [0, 0.05) is 0 Å². The van der Waals surface area contributed by atoms with Crippen LogP contribution in [-0.4, -0.2) is 40.8 Å². The zero-order valence-electron chi connectivity index (χ0n) is 14.4. The molecule has 0 aliphatic rings. The predicted octanol–water partition coefficient (Wildman–Crippen LogP) is 1.76. The highest BCUT2D eigenvalue weighted by Gasteiger charge is 2.31. The third-order valence-corrected chi connectivity index (χ3v) is 2.85. The molecule has 7 heteroatoms. The first-order chi connectivity index (χ1) is 9.85. The van der Waals surface area contributed by atoms with Gasteiger partial charge in [-0.15, -0.1) is 0 Å². The highest BCUT2D eigenvalue weighted by atomic mass is 16.6. The Kier molecular flexibility index (Phi) is 7.35. The molecule has 2 amide bonds. The SMILES string of the molecule is CC(C)C(NC(=O)C(NC(=O)OC(C)(C)C)C(C)C)C(=O)O. The molecule has 0 rings (SSSR count). The number of rotatable bonds is 6. The van der Waals surface area contributed by atoms with Crippen molar-refractivity contribution >= 4 is 18.0 Å². The number of hydrogen-bond acceptors (Lipinski definition) is 4. The Labute approximate surface area is 131 Å². The lowest BCUT2D eigenvalue weighted by atomic mass is 10.0. The molecule has 2 atom stereocenters. The summed E-state index contributed by atoms with van der Waals surface area (Å²) in [5, 5.41) is 14.1. The van der Waals surface area contributed by atoms with Gasteiger partial charge in [0.25, 0.3) is 0 Å². The van der Waals surface area contributed by atoms with Crippen LogP contribution in [0.25, 0.3) is 0 Å². The number of carboxylic acid groups (broad SMARTS) is 1. The van der Waals surface area contributed by atoms with Gasteiger partial charge in [0.15, 0.2) is 0 Å². The standard InChI is InChI=1S/C15H28N2O5/c1-8(2)10(17-14(21)22-15(5,6)7)12(18)16-11(9(3)4)13(19)20/h8-11H,1-7H3,(H,16,18)(H,17,21)(H,19,20). The third kappa shape index (κ3) is 7.28. The van der Waals surface area contributed by atoms with E-state index in [0.29, 0.717) is 0 Å². The van der Waals surface area contributed by atoms with Crippen LogP contribution in [0.3, 0.4) is 0 Å². The zero-order valence-corrected chi connectivity index (χ0v) is 14.4. The Morgan fingerprint density at radius 3 is 1.68 bits per heavy atom. The normalized spacial score (nSPS) is 14.4. The quantitative estimate of drug-likeness (QED) is 0.692. The minimum Gasteiger partial charge on any atom is -0.480 e. The highest BCUT2D eigenvalue weighted by molar-refractivity contribution is 5.89. The molecule has 0 saturated heterocycles. The van der Waals surface area contributed by atoms with Gasteiger partial charge in [0.2, 0.25) is 5.91 Å². The minimum atomic E-state index is -1.11. The van der Waals surface area contributed by atoms with E-state index in [0.717, 1.165) is 0 Å². The van der Waals surface area contributed by atoms with Crippen LogP contribution < -0.4 is 10.6 Å². The second kappa shape index (κ2) is 8.00. The average Bonchev–Trinajstić information content (AvgIpc) is 2.29. The number of carbonyl (C=O) groups is 3. The fourth-order valence-electron chi connectivity index (χ4n) is 1.73. The van der Waals surface area contributed by atoms with Crippen molar-refractivity contribution in [3.63, 3.8) is 0 Å². The molecule has 0 fully saturated rings. The average molecular weight is 316 g/mol. The molecule has 22 heavy (non-hydrogen) atoms. The summed E-state index contributed by atoms with van der Waals surface area (Å²) in [5.41, 5.74) is -0.677. The number of carbonyl (C=O) groups excluding carboxylic acids is 2. The Morgan fingerprint density at radius 2 is 1.36 bits per heavy atom. The van der Waals surface area contributed by atoms with Gasteiger partial charge in [-0.05, 0) is 32.6 Å². The summed E-state index contributed by atoms with van der Waals surface area (Å²) in [5.74, 6) is -2.13. The molecule has 0 aromatic rings. The van der Waals surface area contributed by atoms with E-state index in [4.69, 9.17) is 9.84 Å². The summed E-state index contributed by atoms with van der Waals surface area (Å²) in [6, 6.07) is -1.87. The van der Waals surface area contributed by atoms with Crippen molar-refractivity contribution in [2.24, 2.45) is 11.8 Å². The number of carboxylic acids is 1. The van der Waals surface area contributed by atoms with E-state index in [9.17, 15) is 14.4 Å². The van der Waals surface area contributed by atoms with E-state index in [2.05, 4.69) is 10.6 Å². The third-order valence-electron chi connectivity index (χ3n) is 2.85. The van der Waals surface area contributed by atoms with Gasteiger partial charge in [-0.25, -0.2) is 9.59 Å². The number of hydrogen-bond donors (Lipinski definition) is 3. The van der Waals surface area contributed by atoms with Crippen LogP contribution >= 0.6 is 0 Å². The molecule has 0 aromatic carbocycles. The van der Waals surface area contributed by atoms with Crippen molar-refractivity contribution < 1.29 is 24.2 Å². The van der Waals surface area contributed by atoms with Crippen molar-refractivity contribution in [3.05, 3.63) is 0 Å². The highest BCUT2D eigenvalue weighted by Crippen LogP contribution is 2.10. The van der Waals surface area contributed by atoms with Gasteiger partial charge in [0.1, 0.15) is 17.7 Å². The summed E-state index contributed by atoms with van der Waals surface area (Å²) >= 11 is 0. The monoisotopic (exact) mass is 316 g/mol. The van der Waals surface area contributed by atoms with Crippen molar-refractivity contribution in [1.29, 1.82) is 0 Å². The topological polar surface area (TPSA) is 105 Å². The van der Waals surface area contributed by atoms with Gasteiger partial charge >= 0.3 is 12.1 Å². The van der Waals surface area contributed by atoms with Gasteiger partial charge in [0.05, 0.1) is 0 Å². The van der Waals surface area contributed by atoms with Crippen LogP contribution in [0.15, 0.2) is 0 Å². The van der Waals surface area contributed by atoms with Gasteiger partial charge in [-0.3, -0.25) is 4.79 Å². The molecule has 0 heterocycles. The van der Waals surface area contributed by atoms with E-state index in [1.807, 2.05) is 0 Å². The molecule has 2 unspecified atom stereocenters. The van der Waals surface area contributed by atoms with Crippen molar-refractivity contribution in [1.82, 2.24) is 10.6 Å². The summed E-state index contributed by atoms with van der Waals surface area (Å²) in [4.78, 5) is 35.2. The Hall–Kier alpha value is -1.79. The molecule has 0 aromatic heterocycles. The lowest BCUT2D eigenvalue weighted by molar-refractivity contribution is -0.143. The van der Waals surface area contributed by atoms with Crippen molar-refractivity contribution in [2.45, 2.75) is 66.2 Å². The van der Waals surface area contributed by atoms with Crippen LogP contribution in [0.1, 0.15) is 48.5 Å². The lowest BCUT2D eigenvalue weighted by Gasteiger charge is -2.27. The number of nitrogens with one attached hydrogen (secondary N) is 2. The first kappa shape index (κ1) is 20.2. The fourth-order valence-corrected chi connectivity index (χ4v) is 1.73. The number of amides is 2. The Morgan fingerprint density at radius 1 is 0.909 bits per heavy atom. The number of alkyl carbamates (subject to hydrolysis) is 1. The van der Waals surface area contributed by atoms with Gasteiger partial charge < -0.3 is 20.5 Å². The molecule has 0 saturated carbocycles. The molecular formula is C15H28N2O5. The smallest absolute Gasteiger partial charge is 0.408 e. The molecule has 0 aliphatic heterocycles. The molecule has 0 bridgehead atoms. The first-order valence-corrected chi connectivity index (χ1v) is 7.37. The first-order valence-electron chi connectivity index (χ1n) is 7.37. The summed E-state index contributed by atoms with van der Waals surface area (Å²) in [6.07, 6.45) is -0.710. The summed E-state index contributed by atoms with van der Waals surface area (Å²) in [7, 11) is 0. The van der Waals surface area contributed by atoms with Crippen LogP contribution in [0, 0.1) is 11.8 Å². The summed E-state index contributed by atoms with van der Waals surface area (Å²) < 4.78 is 5.12. The fraction of sp³-hybridized carbons (Fsp3) is 0.800. The zero-order chi connectivity index (χ0) is 17.7. The van der Waals surface area contributed by atoms with Gasteiger partial charge in [-0.2, -0.15) is 0 Å². The minimum absolute atomic E-state index is 0.214. The molecule has 0 aliphatic carbocycles. The Balaban J connectivity index is 4.92. The van der Waals surface area contributed by atoms with E-state index in [-0.39, 0.29) is 11.8 Å². The molecular weight excluding hydrogens is 288 g/mol. The lowest BCUT2D eigenvalue weighted by Crippen LogP contribution is -2.55. The van der Waals surface area contributed by atoms with Crippen LogP contribution in [0.5, 0.6) is 0 Å². The maximum Gasteiger partial charge on any atom is 0.408 e. The number of aliphatic carboxylic acids is 1. The largest absolute Gasteiger partial charge is 0.480 e. The van der Waals surface area contributed by atoms with Crippen molar-refractivity contribution in [2.75, 3.05) is 0 Å². The molecule has 0 spiro atoms. The van der Waals surface area contributed by atoms with E-state index in [1.165, 1.54) is 0 Å². The Bertz CT molecular complexity index is 413. The van der Waals surface area contributed by atoms with Crippen LogP contribution in [-0.2, 0) is 14.3 Å². The van der Waals surface area contributed by atoms with E-state index < -0.39 is 35.7 Å². The second-order valence-electron chi connectivity index (χ2n) is 6.94. The maximum absolute atomic E-state index is 12.3. The van der Waals surface area contributed by atoms with E-state index in [1.54, 1.807) is 48.5 Å². The van der Waals surface area contributed by atoms with Crippen molar-refractivity contribution in [3.8, 4) is 0 Å². The maximum atomic E-state index is 12.3. The van der Waals surface area contributed by atoms with Crippen LogP contribution in [0.4, 0.5) is 4.79 Å². The summed E-state index contributed by atoms with van der Waals surface area (Å²) in [6.45, 7) is 12.1. The second-order valence-corrected chi connectivity index (χ2v) is 6.94. The van der Waals surface area contributed by atoms with E-state index >= 15 is 0 Å². The molecule has 7 nitrogen and oxygen atoms in total. The molecule has 0 radical (unpaired) electrons. The number of ether oxygens (including phenoxy) is 1. The van der Waals surface area contributed by atoms with Crippen LogP contribution in [0.2, 0.25) is 0 Å². The predicted molar refractivity (Wildman–Crippen MR) is 82.4 cm³/mol. The molecule has 3 N–H and O–H groups in total.